The molecule has 0 saturated heterocycles. The molecule has 12 aromatic carbocycles. The zero-order valence-electron chi connectivity index (χ0n) is 68.0. The molecule has 0 aromatic heterocycles. The first-order chi connectivity index (χ1) is 60.8. The quantitative estimate of drug-likeness (QED) is 0.0149. The lowest BCUT2D eigenvalue weighted by Gasteiger charge is -2.23. The fraction of sp³-hybridized carbons (Fsp3) is 0.184. The number of esters is 6. The summed E-state index contributed by atoms with van der Waals surface area (Å²) in [5, 5.41) is 8.32. The molecule has 0 bridgehead atoms. The van der Waals surface area contributed by atoms with E-state index in [1.165, 1.54) is 12.2 Å². The molecule has 22 heteroatoms. The third-order valence-electron chi connectivity index (χ3n) is 19.8. The molecule has 0 heterocycles. The minimum Gasteiger partial charge on any atom is -0.493 e. The summed E-state index contributed by atoms with van der Waals surface area (Å²) in [4.78, 5) is 109. The maximum atomic E-state index is 14.0. The van der Waals surface area contributed by atoms with Crippen molar-refractivity contribution in [1.82, 2.24) is 0 Å². The van der Waals surface area contributed by atoms with Gasteiger partial charge in [-0.05, 0) is 210 Å². The fourth-order valence-corrected chi connectivity index (χ4v) is 13.5. The van der Waals surface area contributed by atoms with Crippen LogP contribution in [0.2, 0.25) is 0 Å². The molecule has 4 unspecified atom stereocenters. The van der Waals surface area contributed by atoms with E-state index in [0.29, 0.717) is 66.4 Å². The van der Waals surface area contributed by atoms with Crippen LogP contribution in [0.4, 0.5) is 0 Å². The lowest BCUT2D eigenvalue weighted by molar-refractivity contribution is -0.147. The first-order valence-electron chi connectivity index (χ1n) is 39.5. The van der Waals surface area contributed by atoms with Crippen molar-refractivity contribution in [1.29, 1.82) is 0 Å². The van der Waals surface area contributed by atoms with Gasteiger partial charge in [-0.3, -0.25) is 9.59 Å². The van der Waals surface area contributed by atoms with Crippen molar-refractivity contribution in [2.75, 3.05) is 79.3 Å². The highest BCUT2D eigenvalue weighted by Gasteiger charge is 2.27. The van der Waals surface area contributed by atoms with Crippen LogP contribution in [0.1, 0.15) is 65.4 Å². The average molecular weight is 1670 g/mol. The van der Waals surface area contributed by atoms with E-state index < -0.39 is 73.1 Å². The highest BCUT2D eigenvalue weighted by Crippen LogP contribution is 2.40. The molecule has 0 radical (unpaired) electrons. The van der Waals surface area contributed by atoms with Gasteiger partial charge in [0.25, 0.3) is 0 Å². The molecule has 12 rings (SSSR count). The van der Waals surface area contributed by atoms with Crippen LogP contribution >= 0.6 is 0 Å². The largest absolute Gasteiger partial charge is 0.493 e. The summed E-state index contributed by atoms with van der Waals surface area (Å²) in [6, 6.07) is 58.8. The van der Waals surface area contributed by atoms with Crippen LogP contribution in [0.15, 0.2) is 257 Å². The van der Waals surface area contributed by atoms with Gasteiger partial charge in [0.1, 0.15) is 98.9 Å². The zero-order chi connectivity index (χ0) is 88.1. The van der Waals surface area contributed by atoms with Crippen LogP contribution in [0.3, 0.4) is 0 Å². The molecular weight excluding hydrogens is 1590 g/mol. The van der Waals surface area contributed by atoms with Crippen molar-refractivity contribution < 1.29 is 105 Å². The average Bonchev–Trinajstić information content (AvgIpc) is 0.766. The van der Waals surface area contributed by atoms with Crippen LogP contribution in [0.25, 0.3) is 64.6 Å². The number of fused-ring (bicyclic) bond motifs is 6. The molecule has 0 aliphatic carbocycles. The standard InChI is InChI=1S/C103H84O22/c1-9-41-112-84-35-27-70-47-78(21-17-74(70)51-84)100(108)120-60-66(45-82(104)13-5)58-118-96-39-31-68-25-33-88(116-62-90(124-98(106)15-7)64-122-102(110)80-23-19-76-53-86(114-43-11-3)37-29-72(76)49-80)55-92(68)94(96)57-95-93-56-89(117-63-91(125-99(107)16-8)65-123-103(111)81-24-20-77-54-87(115-44-12-4)38-30-73(77)50-81)34-26-69(93)32-40-97(95)119-59-67(46-83(105)14-6)61-121-101(109)79-22-18-75-52-85(113-42-10-2)36-28-71(75)48-79/h1-4,13-40,47-56,66-67,90-91H,5-8,41-46,57-65H2. The van der Waals surface area contributed by atoms with Gasteiger partial charge in [0.15, 0.2) is 23.8 Å². The molecule has 125 heavy (non-hydrogen) atoms. The van der Waals surface area contributed by atoms with Gasteiger partial charge in [0, 0.05) is 54.4 Å². The lowest BCUT2D eigenvalue weighted by Crippen LogP contribution is -2.30. The minimum atomic E-state index is -1.19. The lowest BCUT2D eigenvalue weighted by atomic mass is 9.93. The van der Waals surface area contributed by atoms with E-state index in [4.69, 9.17) is 92.0 Å². The van der Waals surface area contributed by atoms with Crippen LogP contribution in [-0.4, -0.2) is 139 Å². The Kier molecular flexibility index (Phi) is 30.5. The van der Waals surface area contributed by atoms with E-state index in [1.807, 2.05) is 12.1 Å². The predicted octanol–water partition coefficient (Wildman–Crippen LogP) is 16.9. The Bertz CT molecular complexity index is 5930. The van der Waals surface area contributed by atoms with Gasteiger partial charge in [-0.15, -0.1) is 25.7 Å². The number of hydrogen-bond acceptors (Lipinski definition) is 22. The first-order valence-corrected chi connectivity index (χ1v) is 39.5. The number of allylic oxidation sites excluding steroid dienone is 2. The Balaban J connectivity index is 0.896. The molecule has 12 aromatic rings. The van der Waals surface area contributed by atoms with Gasteiger partial charge in [0.2, 0.25) is 0 Å². The molecular formula is C103H84O22. The van der Waals surface area contributed by atoms with Crippen molar-refractivity contribution >= 4 is 112 Å². The van der Waals surface area contributed by atoms with E-state index in [9.17, 15) is 38.4 Å². The van der Waals surface area contributed by atoms with Crippen LogP contribution < -0.4 is 37.9 Å². The molecule has 0 aliphatic heterocycles. The summed E-state index contributed by atoms with van der Waals surface area (Å²) in [6.45, 7) is 12.3. The van der Waals surface area contributed by atoms with Crippen molar-refractivity contribution in [3.05, 3.63) is 290 Å². The van der Waals surface area contributed by atoms with Crippen molar-refractivity contribution in [2.45, 2.75) is 31.5 Å². The van der Waals surface area contributed by atoms with Crippen LogP contribution in [-0.2, 0) is 54.0 Å². The van der Waals surface area contributed by atoms with Gasteiger partial charge in [0.05, 0.1) is 48.7 Å². The molecule has 4 atom stereocenters. The number of carbonyl (C=O) groups is 8. The molecule has 0 amide bonds. The van der Waals surface area contributed by atoms with E-state index in [1.54, 1.807) is 194 Å². The fourth-order valence-electron chi connectivity index (χ4n) is 13.5. The Morgan fingerprint density at radius 2 is 0.560 bits per heavy atom. The number of benzene rings is 12. The second-order valence-electron chi connectivity index (χ2n) is 28.5. The van der Waals surface area contributed by atoms with Crippen LogP contribution in [0.5, 0.6) is 46.0 Å². The Morgan fingerprint density at radius 1 is 0.288 bits per heavy atom. The zero-order valence-corrected chi connectivity index (χ0v) is 68.0. The number of hydrogen-bond donors (Lipinski definition) is 0. The second-order valence-corrected chi connectivity index (χ2v) is 28.5. The predicted molar refractivity (Wildman–Crippen MR) is 474 cm³/mol. The molecule has 0 fully saturated rings. The summed E-state index contributed by atoms with van der Waals surface area (Å²) in [5.74, 6) is 6.24. The molecule has 0 N–H and O–H groups in total. The van der Waals surface area contributed by atoms with Gasteiger partial charge < -0.3 is 66.3 Å². The van der Waals surface area contributed by atoms with Gasteiger partial charge in [-0.25, -0.2) is 28.8 Å². The smallest absolute Gasteiger partial charge is 0.338 e. The summed E-state index contributed by atoms with van der Waals surface area (Å²) in [7, 11) is 0. The van der Waals surface area contributed by atoms with E-state index in [0.717, 1.165) is 44.5 Å². The van der Waals surface area contributed by atoms with Crippen LogP contribution in [0, 0.1) is 61.2 Å². The Morgan fingerprint density at radius 3 is 0.856 bits per heavy atom. The van der Waals surface area contributed by atoms with Crippen molar-refractivity contribution in [2.24, 2.45) is 11.8 Å². The molecule has 0 saturated carbocycles. The summed E-state index contributed by atoms with van der Waals surface area (Å²) in [6.07, 6.45) is 23.1. The van der Waals surface area contributed by atoms with Gasteiger partial charge >= 0.3 is 35.8 Å². The highest BCUT2D eigenvalue weighted by molar-refractivity contribution is 6.00. The summed E-state index contributed by atoms with van der Waals surface area (Å²) >= 11 is 0. The summed E-state index contributed by atoms with van der Waals surface area (Å²) in [5.41, 5.74) is 1.87. The number of ether oxygens (including phenoxy) is 14. The van der Waals surface area contributed by atoms with Gasteiger partial charge in [-0.1, -0.05) is 123 Å². The van der Waals surface area contributed by atoms with Crippen molar-refractivity contribution in [3.8, 4) is 95.4 Å². The van der Waals surface area contributed by atoms with E-state index >= 15 is 0 Å². The topological polar surface area (TPSA) is 266 Å². The van der Waals surface area contributed by atoms with Gasteiger partial charge in [-0.2, -0.15) is 0 Å². The molecule has 628 valence electrons. The Hall–Kier alpha value is -16.0. The number of carbonyl (C=O) groups excluding carboxylic acids is 8. The van der Waals surface area contributed by atoms with Crippen molar-refractivity contribution in [3.63, 3.8) is 0 Å². The van der Waals surface area contributed by atoms with E-state index in [-0.39, 0.29) is 142 Å². The maximum Gasteiger partial charge on any atom is 0.338 e. The second kappa shape index (κ2) is 43.3. The highest BCUT2D eigenvalue weighted by atomic mass is 16.6. The Labute approximate surface area is 721 Å². The maximum absolute atomic E-state index is 14.0. The number of ketones is 2. The third-order valence-corrected chi connectivity index (χ3v) is 19.8. The molecule has 0 spiro atoms. The third kappa shape index (κ3) is 24.2. The number of rotatable bonds is 44. The van der Waals surface area contributed by atoms with E-state index in [2.05, 4.69) is 50.0 Å². The number of terminal acetylenes is 4. The normalized spacial score (nSPS) is 11.7. The minimum absolute atomic E-state index is 0.0689. The molecule has 0 aliphatic rings. The first kappa shape index (κ1) is 88.3. The monoisotopic (exact) mass is 1670 g/mol. The SMILES string of the molecule is C#CCOc1ccc2cc(C(=O)OCC(COc3ccc4ccc(OCC(COC(=O)c5ccc6cc(OCC#C)ccc6c5)OC(=O)C=C)cc4c3Cc3c(OCC(COC(=O)c4ccc5cc(OCC#C)ccc5c4)CC(=O)C=C)ccc4ccc(OCC(COC(=O)c5ccc6cc(OCC#C)ccc6c5)OC(=O)C=C)cc34)CC(=O)C=C)ccc2c1. The molecule has 22 nitrogen and oxygen atoms in total. The summed E-state index contributed by atoms with van der Waals surface area (Å²) < 4.78 is 84.2.